The molecule has 0 saturated heterocycles. The molecule has 0 aliphatic carbocycles. The number of benzene rings is 2. The van der Waals surface area contributed by atoms with E-state index >= 15 is 0 Å². The molecule has 0 aliphatic rings. The van der Waals surface area contributed by atoms with Crippen LogP contribution in [-0.2, 0) is 0 Å². The Morgan fingerprint density at radius 3 is 2.40 bits per heavy atom. The predicted molar refractivity (Wildman–Crippen MR) is 91.7 cm³/mol. The largest absolute Gasteiger partial charge is 0.494 e. The van der Waals surface area contributed by atoms with Crippen molar-refractivity contribution in [3.05, 3.63) is 58.1 Å². The van der Waals surface area contributed by atoms with Crippen LogP contribution in [0.1, 0.15) is 24.2 Å². The molecule has 132 valence electrons. The molecule has 0 saturated carbocycles. The fourth-order valence-corrected chi connectivity index (χ4v) is 2.23. The molecule has 0 aromatic heterocycles. The van der Waals surface area contributed by atoms with E-state index in [2.05, 4.69) is 0 Å². The quantitative estimate of drug-likeness (QED) is 0.412. The molecule has 2 aromatic rings. The van der Waals surface area contributed by atoms with Gasteiger partial charge >= 0.3 is 0 Å². The summed E-state index contributed by atoms with van der Waals surface area (Å²) >= 11 is 0. The first kappa shape index (κ1) is 18.3. The average molecular weight is 345 g/mol. The Balaban J connectivity index is 2.17. The van der Waals surface area contributed by atoms with Crippen molar-refractivity contribution >= 4 is 11.5 Å². The van der Waals surface area contributed by atoms with Crippen LogP contribution >= 0.6 is 0 Å². The minimum Gasteiger partial charge on any atom is -0.494 e. The molecule has 0 fully saturated rings. The average Bonchev–Trinajstić information content (AvgIpc) is 2.61. The Kier molecular flexibility index (Phi) is 5.94. The molecule has 0 heterocycles. The number of nitro benzene ring substituents is 1. The van der Waals surface area contributed by atoms with Gasteiger partial charge in [-0.1, -0.05) is 0 Å². The van der Waals surface area contributed by atoms with E-state index in [1.54, 1.807) is 31.2 Å². The smallest absolute Gasteiger partial charge is 0.273 e. The second kappa shape index (κ2) is 8.14. The van der Waals surface area contributed by atoms with Gasteiger partial charge in [-0.15, -0.1) is 0 Å². The number of ketones is 1. The number of hydrogen-bond acceptors (Lipinski definition) is 6. The summed E-state index contributed by atoms with van der Waals surface area (Å²) in [6.07, 6.45) is -0.839. The normalized spacial score (nSPS) is 11.5. The van der Waals surface area contributed by atoms with E-state index in [4.69, 9.17) is 14.2 Å². The van der Waals surface area contributed by atoms with Crippen molar-refractivity contribution in [1.29, 1.82) is 0 Å². The first-order valence-electron chi connectivity index (χ1n) is 7.72. The lowest BCUT2D eigenvalue weighted by Crippen LogP contribution is -2.24. The molecule has 2 rings (SSSR count). The molecule has 0 unspecified atom stereocenters. The second-order valence-corrected chi connectivity index (χ2v) is 5.17. The summed E-state index contributed by atoms with van der Waals surface area (Å²) in [5, 5.41) is 10.9. The highest BCUT2D eigenvalue weighted by Crippen LogP contribution is 2.32. The molecule has 7 nitrogen and oxygen atoms in total. The summed E-state index contributed by atoms with van der Waals surface area (Å²) in [5.74, 6) is 0.880. The predicted octanol–water partition coefficient (Wildman–Crippen LogP) is 3.65. The van der Waals surface area contributed by atoms with Crippen LogP contribution in [0.4, 0.5) is 5.69 Å². The van der Waals surface area contributed by atoms with Crippen molar-refractivity contribution in [2.45, 2.75) is 20.0 Å². The second-order valence-electron chi connectivity index (χ2n) is 5.17. The van der Waals surface area contributed by atoms with Crippen LogP contribution in [0.3, 0.4) is 0 Å². The van der Waals surface area contributed by atoms with Crippen LogP contribution in [0.5, 0.6) is 17.2 Å². The molecule has 0 N–H and O–H groups in total. The lowest BCUT2D eigenvalue weighted by molar-refractivity contribution is -0.385. The molecule has 7 heteroatoms. The first-order valence-corrected chi connectivity index (χ1v) is 7.72. The molecule has 1 atom stereocenters. The summed E-state index contributed by atoms with van der Waals surface area (Å²) in [6.45, 7) is 4.00. The molecule has 2 aromatic carbocycles. The van der Waals surface area contributed by atoms with Crippen LogP contribution in [-0.4, -0.2) is 30.5 Å². The molecule has 0 radical (unpaired) electrons. The van der Waals surface area contributed by atoms with Crippen molar-refractivity contribution in [2.75, 3.05) is 13.7 Å². The number of carbonyl (C=O) groups is 1. The van der Waals surface area contributed by atoms with E-state index < -0.39 is 11.0 Å². The van der Waals surface area contributed by atoms with Crippen molar-refractivity contribution < 1.29 is 23.9 Å². The topological polar surface area (TPSA) is 87.9 Å². The van der Waals surface area contributed by atoms with E-state index in [-0.39, 0.29) is 17.2 Å². The molecule has 0 aliphatic heterocycles. The van der Waals surface area contributed by atoms with Crippen molar-refractivity contribution in [3.8, 4) is 17.2 Å². The molecular weight excluding hydrogens is 326 g/mol. The van der Waals surface area contributed by atoms with Gasteiger partial charge in [0.05, 0.1) is 24.7 Å². The molecule has 0 amide bonds. The Morgan fingerprint density at radius 1 is 1.16 bits per heavy atom. The number of rotatable bonds is 8. The van der Waals surface area contributed by atoms with Gasteiger partial charge in [0.2, 0.25) is 5.78 Å². The van der Waals surface area contributed by atoms with Gasteiger partial charge in [0.25, 0.3) is 5.69 Å². The maximum absolute atomic E-state index is 12.5. The van der Waals surface area contributed by atoms with Gasteiger partial charge in [-0.05, 0) is 44.2 Å². The SMILES string of the molecule is CCOc1ccc(C(=O)[C@@H](C)Oc2cc([N+](=O)[O-])ccc2OC)cc1. The number of methoxy groups -OCH3 is 1. The summed E-state index contributed by atoms with van der Waals surface area (Å²) in [5.41, 5.74) is 0.317. The lowest BCUT2D eigenvalue weighted by Gasteiger charge is -2.16. The molecular formula is C18H19NO6. The van der Waals surface area contributed by atoms with Crippen LogP contribution in [0.15, 0.2) is 42.5 Å². The zero-order chi connectivity index (χ0) is 18.4. The van der Waals surface area contributed by atoms with Gasteiger partial charge in [-0.2, -0.15) is 0 Å². The maximum atomic E-state index is 12.5. The van der Waals surface area contributed by atoms with E-state index in [0.29, 0.717) is 23.7 Å². The van der Waals surface area contributed by atoms with Gasteiger partial charge in [-0.25, -0.2) is 0 Å². The zero-order valence-electron chi connectivity index (χ0n) is 14.2. The Bertz CT molecular complexity index is 757. The van der Waals surface area contributed by atoms with Crippen molar-refractivity contribution in [3.63, 3.8) is 0 Å². The minimum absolute atomic E-state index is 0.142. The summed E-state index contributed by atoms with van der Waals surface area (Å²) < 4.78 is 16.1. The number of nitro groups is 1. The summed E-state index contributed by atoms with van der Waals surface area (Å²) in [7, 11) is 1.42. The Hall–Kier alpha value is -3.09. The van der Waals surface area contributed by atoms with Gasteiger partial charge in [0.15, 0.2) is 17.6 Å². The third-order valence-corrected chi connectivity index (χ3v) is 3.48. The van der Waals surface area contributed by atoms with E-state index in [1.807, 2.05) is 6.92 Å². The van der Waals surface area contributed by atoms with Crippen LogP contribution < -0.4 is 14.2 Å². The highest BCUT2D eigenvalue weighted by Gasteiger charge is 2.20. The van der Waals surface area contributed by atoms with Crippen LogP contribution in [0.25, 0.3) is 0 Å². The number of non-ortho nitro benzene ring substituents is 1. The van der Waals surface area contributed by atoms with Gasteiger partial charge < -0.3 is 14.2 Å². The fraction of sp³-hybridized carbons (Fsp3) is 0.278. The maximum Gasteiger partial charge on any atom is 0.273 e. The Morgan fingerprint density at radius 2 is 1.84 bits per heavy atom. The zero-order valence-corrected chi connectivity index (χ0v) is 14.2. The number of Topliss-reactive ketones (excluding diaryl/α,β-unsaturated/α-hetero) is 1. The van der Waals surface area contributed by atoms with Crippen molar-refractivity contribution in [2.24, 2.45) is 0 Å². The van der Waals surface area contributed by atoms with Gasteiger partial charge in [0.1, 0.15) is 5.75 Å². The van der Waals surface area contributed by atoms with Crippen LogP contribution in [0, 0.1) is 10.1 Å². The fourth-order valence-electron chi connectivity index (χ4n) is 2.23. The van der Waals surface area contributed by atoms with Gasteiger partial charge in [0, 0.05) is 11.6 Å². The third-order valence-electron chi connectivity index (χ3n) is 3.48. The van der Waals surface area contributed by atoms with E-state index in [9.17, 15) is 14.9 Å². The molecule has 25 heavy (non-hydrogen) atoms. The van der Waals surface area contributed by atoms with E-state index in [0.717, 1.165) is 0 Å². The lowest BCUT2D eigenvalue weighted by atomic mass is 10.1. The van der Waals surface area contributed by atoms with Crippen LogP contribution in [0.2, 0.25) is 0 Å². The highest BCUT2D eigenvalue weighted by molar-refractivity contribution is 5.99. The number of nitrogens with zero attached hydrogens (tertiary/aromatic N) is 1. The van der Waals surface area contributed by atoms with Gasteiger partial charge in [-0.3, -0.25) is 14.9 Å². The molecule has 0 spiro atoms. The number of hydrogen-bond donors (Lipinski definition) is 0. The standard InChI is InChI=1S/C18H19NO6/c1-4-24-15-8-5-13(6-9-15)18(20)12(2)25-17-11-14(19(21)22)7-10-16(17)23-3/h5-12H,4H2,1-3H3/t12-/m1/s1. The third kappa shape index (κ3) is 4.47. The number of carbonyl (C=O) groups excluding carboxylic acids is 1. The Labute approximate surface area is 145 Å². The number of ether oxygens (including phenoxy) is 3. The molecule has 0 bridgehead atoms. The summed E-state index contributed by atoms with van der Waals surface area (Å²) in [4.78, 5) is 22.9. The summed E-state index contributed by atoms with van der Waals surface area (Å²) in [6, 6.07) is 10.7. The minimum atomic E-state index is -0.839. The highest BCUT2D eigenvalue weighted by atomic mass is 16.6. The van der Waals surface area contributed by atoms with Crippen molar-refractivity contribution in [1.82, 2.24) is 0 Å². The monoisotopic (exact) mass is 345 g/mol. The van der Waals surface area contributed by atoms with E-state index in [1.165, 1.54) is 25.3 Å². The first-order chi connectivity index (χ1) is 12.0.